The van der Waals surface area contributed by atoms with Gasteiger partial charge < -0.3 is 5.73 Å². The first kappa shape index (κ1) is 15.6. The summed E-state index contributed by atoms with van der Waals surface area (Å²) in [7, 11) is -3.48. The van der Waals surface area contributed by atoms with Gasteiger partial charge >= 0.3 is 0 Å². The van der Waals surface area contributed by atoms with Crippen molar-refractivity contribution >= 4 is 33.2 Å². The molecule has 21 heavy (non-hydrogen) atoms. The number of nitrogens with zero attached hydrogens (tertiary/aromatic N) is 1. The average molecular weight is 327 g/mol. The summed E-state index contributed by atoms with van der Waals surface area (Å²) < 4.78 is 38.7. The third-order valence-electron chi connectivity index (χ3n) is 2.50. The molecule has 0 radical (unpaired) electrons. The Bertz CT molecular complexity index is 688. The van der Waals surface area contributed by atoms with Crippen LogP contribution in [0, 0.1) is 5.95 Å². The lowest BCUT2D eigenvalue weighted by Crippen LogP contribution is -2.18. The van der Waals surface area contributed by atoms with Crippen LogP contribution < -0.4 is 10.5 Å². The second kappa shape index (κ2) is 6.77. The van der Waals surface area contributed by atoms with Gasteiger partial charge in [0.05, 0.1) is 17.6 Å². The molecular weight excluding hydrogens is 313 g/mol. The molecule has 0 aliphatic carbocycles. The minimum atomic E-state index is -3.48. The van der Waals surface area contributed by atoms with Crippen LogP contribution >= 0.6 is 11.8 Å². The molecule has 112 valence electrons. The van der Waals surface area contributed by atoms with Crippen LogP contribution in [0.15, 0.2) is 47.5 Å². The van der Waals surface area contributed by atoms with Crippen LogP contribution in [0.25, 0.3) is 0 Å². The van der Waals surface area contributed by atoms with E-state index >= 15 is 0 Å². The van der Waals surface area contributed by atoms with E-state index in [-0.39, 0.29) is 11.4 Å². The largest absolute Gasteiger partial charge is 0.399 e. The number of aromatic nitrogens is 1. The van der Waals surface area contributed by atoms with E-state index < -0.39 is 16.0 Å². The Balaban J connectivity index is 1.86. The van der Waals surface area contributed by atoms with Gasteiger partial charge in [0.2, 0.25) is 16.0 Å². The first-order valence-electron chi connectivity index (χ1n) is 6.05. The van der Waals surface area contributed by atoms with E-state index in [1.807, 2.05) is 12.1 Å². The van der Waals surface area contributed by atoms with Crippen molar-refractivity contribution in [2.24, 2.45) is 0 Å². The maximum Gasteiger partial charge on any atom is 0.233 e. The number of benzene rings is 1. The van der Waals surface area contributed by atoms with Crippen molar-refractivity contribution in [2.75, 3.05) is 22.0 Å². The molecular formula is C13H14FN3O2S2. The summed E-state index contributed by atoms with van der Waals surface area (Å²) in [6, 6.07) is 9.63. The van der Waals surface area contributed by atoms with Gasteiger partial charge in [-0.15, -0.1) is 11.8 Å². The minimum Gasteiger partial charge on any atom is -0.399 e. The van der Waals surface area contributed by atoms with Gasteiger partial charge in [0.25, 0.3) is 0 Å². The fourth-order valence-corrected chi connectivity index (χ4v) is 3.86. The highest BCUT2D eigenvalue weighted by Crippen LogP contribution is 2.19. The summed E-state index contributed by atoms with van der Waals surface area (Å²) >= 11 is 1.42. The highest BCUT2D eigenvalue weighted by Gasteiger charge is 2.11. The number of rotatable bonds is 6. The van der Waals surface area contributed by atoms with Gasteiger partial charge in [-0.05, 0) is 36.4 Å². The number of pyridine rings is 1. The SMILES string of the molecule is Nc1ccc(SCCS(=O)(=O)Nc2ccc(F)nc2)cc1. The smallest absolute Gasteiger partial charge is 0.233 e. The Morgan fingerprint density at radius 3 is 2.52 bits per heavy atom. The first-order valence-corrected chi connectivity index (χ1v) is 8.69. The quantitative estimate of drug-likeness (QED) is 0.483. The van der Waals surface area contributed by atoms with Crippen LogP contribution in [0.5, 0.6) is 0 Å². The van der Waals surface area contributed by atoms with E-state index in [2.05, 4.69) is 9.71 Å². The van der Waals surface area contributed by atoms with Gasteiger partial charge in [0.15, 0.2) is 0 Å². The first-order chi connectivity index (χ1) is 9.94. The van der Waals surface area contributed by atoms with Crippen molar-refractivity contribution in [1.82, 2.24) is 4.98 Å². The molecule has 0 aliphatic rings. The van der Waals surface area contributed by atoms with Crippen molar-refractivity contribution in [2.45, 2.75) is 4.90 Å². The molecule has 0 saturated carbocycles. The van der Waals surface area contributed by atoms with Gasteiger partial charge in [0, 0.05) is 16.3 Å². The fraction of sp³-hybridized carbons (Fsp3) is 0.154. The average Bonchev–Trinajstić information content (AvgIpc) is 2.43. The maximum atomic E-state index is 12.6. The predicted octanol–water partition coefficient (Wildman–Crippen LogP) is 2.34. The molecule has 8 heteroatoms. The van der Waals surface area contributed by atoms with Crippen LogP contribution in [-0.4, -0.2) is 24.9 Å². The fourth-order valence-electron chi connectivity index (χ4n) is 1.50. The molecule has 2 rings (SSSR count). The van der Waals surface area contributed by atoms with Gasteiger partial charge in [-0.25, -0.2) is 13.4 Å². The summed E-state index contributed by atoms with van der Waals surface area (Å²) in [5, 5.41) is 0. The van der Waals surface area contributed by atoms with E-state index in [1.165, 1.54) is 17.8 Å². The summed E-state index contributed by atoms with van der Waals surface area (Å²) in [4.78, 5) is 4.34. The zero-order valence-electron chi connectivity index (χ0n) is 11.0. The van der Waals surface area contributed by atoms with Gasteiger partial charge in [-0.3, -0.25) is 4.72 Å². The monoisotopic (exact) mass is 327 g/mol. The Labute approximate surface area is 126 Å². The lowest BCUT2D eigenvalue weighted by molar-refractivity contribution is 0.583. The number of thioether (sulfide) groups is 1. The second-order valence-electron chi connectivity index (χ2n) is 4.21. The zero-order chi connectivity index (χ0) is 15.3. The van der Waals surface area contributed by atoms with Gasteiger partial charge in [-0.2, -0.15) is 4.39 Å². The van der Waals surface area contributed by atoms with Crippen molar-refractivity contribution in [1.29, 1.82) is 0 Å². The number of hydrogen-bond acceptors (Lipinski definition) is 5. The molecule has 1 heterocycles. The zero-order valence-corrected chi connectivity index (χ0v) is 12.6. The molecule has 0 aliphatic heterocycles. The minimum absolute atomic E-state index is 0.0561. The molecule has 3 N–H and O–H groups in total. The number of nitrogen functional groups attached to an aromatic ring is 1. The van der Waals surface area contributed by atoms with Crippen molar-refractivity contribution < 1.29 is 12.8 Å². The summed E-state index contributed by atoms with van der Waals surface area (Å²) in [5.41, 5.74) is 6.48. The number of sulfonamides is 1. The van der Waals surface area contributed by atoms with Crippen molar-refractivity contribution in [3.63, 3.8) is 0 Å². The van der Waals surface area contributed by atoms with Gasteiger partial charge in [0.1, 0.15) is 0 Å². The molecule has 1 aromatic carbocycles. The topological polar surface area (TPSA) is 85.1 Å². The molecule has 0 unspecified atom stereocenters. The molecule has 0 bridgehead atoms. The summed E-state index contributed by atoms with van der Waals surface area (Å²) in [6.07, 6.45) is 1.14. The van der Waals surface area contributed by atoms with E-state index in [0.29, 0.717) is 11.4 Å². The summed E-state index contributed by atoms with van der Waals surface area (Å²) in [5.74, 6) is -0.315. The number of nitrogens with one attached hydrogen (secondary N) is 1. The lowest BCUT2D eigenvalue weighted by Gasteiger charge is -2.07. The van der Waals surface area contributed by atoms with Crippen LogP contribution in [-0.2, 0) is 10.0 Å². The number of nitrogens with two attached hydrogens (primary N) is 1. The molecule has 2 aromatic rings. The normalized spacial score (nSPS) is 11.3. The predicted molar refractivity (Wildman–Crippen MR) is 83.2 cm³/mol. The third-order valence-corrected chi connectivity index (χ3v) is 5.06. The Morgan fingerprint density at radius 2 is 1.90 bits per heavy atom. The van der Waals surface area contributed by atoms with E-state index in [9.17, 15) is 12.8 Å². The molecule has 0 amide bonds. The lowest BCUT2D eigenvalue weighted by atomic mass is 10.3. The second-order valence-corrected chi connectivity index (χ2v) is 7.22. The van der Waals surface area contributed by atoms with Crippen LogP contribution in [0.1, 0.15) is 0 Å². The highest BCUT2D eigenvalue weighted by atomic mass is 32.2. The number of anilines is 2. The van der Waals surface area contributed by atoms with Crippen molar-refractivity contribution in [3.8, 4) is 0 Å². The highest BCUT2D eigenvalue weighted by molar-refractivity contribution is 8.01. The molecule has 1 aromatic heterocycles. The van der Waals surface area contributed by atoms with Crippen LogP contribution in [0.2, 0.25) is 0 Å². The molecule has 0 atom stereocenters. The molecule has 0 saturated heterocycles. The maximum absolute atomic E-state index is 12.6. The Kier molecular flexibility index (Phi) is 5.03. The standard InChI is InChI=1S/C13H14FN3O2S2/c14-13-6-3-11(9-16-13)17-21(18,19)8-7-20-12-4-1-10(15)2-5-12/h1-6,9,17H,7-8,15H2. The van der Waals surface area contributed by atoms with Crippen LogP contribution in [0.3, 0.4) is 0 Å². The summed E-state index contributed by atoms with van der Waals surface area (Å²) in [6.45, 7) is 0. The molecule has 5 nitrogen and oxygen atoms in total. The van der Waals surface area contributed by atoms with Crippen LogP contribution in [0.4, 0.5) is 15.8 Å². The van der Waals surface area contributed by atoms with Crippen molar-refractivity contribution in [3.05, 3.63) is 48.5 Å². The molecule has 0 spiro atoms. The van der Waals surface area contributed by atoms with Gasteiger partial charge in [-0.1, -0.05) is 0 Å². The molecule has 0 fully saturated rings. The third kappa shape index (κ3) is 5.24. The van der Waals surface area contributed by atoms with E-state index in [4.69, 9.17) is 5.73 Å². The number of hydrogen-bond donors (Lipinski definition) is 2. The van der Waals surface area contributed by atoms with E-state index in [0.717, 1.165) is 17.2 Å². The Hall–Kier alpha value is -1.80. The Morgan fingerprint density at radius 1 is 1.19 bits per heavy atom. The van der Waals surface area contributed by atoms with E-state index in [1.54, 1.807) is 12.1 Å². The number of halogens is 1.